The monoisotopic (exact) mass is 191 g/mol. The Hall–Kier alpha value is -1.51. The minimum atomic E-state index is 0.112. The summed E-state index contributed by atoms with van der Waals surface area (Å²) >= 11 is 0. The van der Waals surface area contributed by atoms with Gasteiger partial charge in [0.2, 0.25) is 5.91 Å². The summed E-state index contributed by atoms with van der Waals surface area (Å²) < 4.78 is 0. The molecular formula is C11H13NO2. The van der Waals surface area contributed by atoms with E-state index in [1.165, 1.54) is 0 Å². The van der Waals surface area contributed by atoms with E-state index in [-0.39, 0.29) is 11.9 Å². The van der Waals surface area contributed by atoms with Crippen LogP contribution in [-0.2, 0) is 4.79 Å². The second-order valence-corrected chi connectivity index (χ2v) is 3.70. The number of nitrogens with one attached hydrogen (secondary N) is 1. The molecule has 1 saturated heterocycles. The van der Waals surface area contributed by atoms with Crippen molar-refractivity contribution in [3.8, 4) is 5.75 Å². The summed E-state index contributed by atoms with van der Waals surface area (Å²) in [5.41, 5.74) is 1.93. The van der Waals surface area contributed by atoms with E-state index in [0.717, 1.165) is 17.5 Å². The molecule has 1 fully saturated rings. The molecular weight excluding hydrogens is 178 g/mol. The fourth-order valence-electron chi connectivity index (χ4n) is 1.76. The Morgan fingerprint density at radius 3 is 2.86 bits per heavy atom. The summed E-state index contributed by atoms with van der Waals surface area (Å²) in [6.45, 7) is 1.86. The first-order chi connectivity index (χ1) is 6.66. The topological polar surface area (TPSA) is 49.3 Å². The second kappa shape index (κ2) is 3.33. The Morgan fingerprint density at radius 1 is 1.50 bits per heavy atom. The van der Waals surface area contributed by atoms with E-state index >= 15 is 0 Å². The number of amides is 1. The van der Waals surface area contributed by atoms with Gasteiger partial charge in [-0.2, -0.15) is 0 Å². The molecule has 0 saturated carbocycles. The minimum Gasteiger partial charge on any atom is -0.508 e. The van der Waals surface area contributed by atoms with Crippen LogP contribution in [0.25, 0.3) is 0 Å². The Kier molecular flexibility index (Phi) is 2.15. The van der Waals surface area contributed by atoms with Crippen LogP contribution in [0.4, 0.5) is 0 Å². The van der Waals surface area contributed by atoms with Crippen molar-refractivity contribution in [1.82, 2.24) is 5.32 Å². The van der Waals surface area contributed by atoms with Crippen molar-refractivity contribution in [3.63, 3.8) is 0 Å². The van der Waals surface area contributed by atoms with Gasteiger partial charge in [-0.25, -0.2) is 0 Å². The number of carbonyl (C=O) groups is 1. The number of aromatic hydroxyl groups is 1. The van der Waals surface area contributed by atoms with Crippen LogP contribution >= 0.6 is 0 Å². The molecule has 3 nitrogen and oxygen atoms in total. The zero-order chi connectivity index (χ0) is 10.1. The van der Waals surface area contributed by atoms with Crippen LogP contribution in [0.15, 0.2) is 18.2 Å². The van der Waals surface area contributed by atoms with Crippen molar-refractivity contribution in [2.24, 2.45) is 0 Å². The Bertz CT molecular complexity index is 374. The Labute approximate surface area is 82.8 Å². The highest BCUT2D eigenvalue weighted by Gasteiger charge is 2.22. The van der Waals surface area contributed by atoms with Crippen LogP contribution in [0.5, 0.6) is 5.75 Å². The van der Waals surface area contributed by atoms with E-state index in [2.05, 4.69) is 5.32 Å². The molecule has 1 atom stereocenters. The molecule has 1 heterocycles. The van der Waals surface area contributed by atoms with Gasteiger partial charge in [0.05, 0.1) is 6.04 Å². The zero-order valence-corrected chi connectivity index (χ0v) is 8.08. The summed E-state index contributed by atoms with van der Waals surface area (Å²) in [6, 6.07) is 5.58. The summed E-state index contributed by atoms with van der Waals surface area (Å²) in [6.07, 6.45) is 1.45. The van der Waals surface area contributed by atoms with Gasteiger partial charge in [-0.1, -0.05) is 12.1 Å². The molecule has 1 aliphatic heterocycles. The SMILES string of the molecule is Cc1cc([C@H]2CCC(=O)N2)ccc1O. The number of hydrogen-bond acceptors (Lipinski definition) is 2. The standard InChI is InChI=1S/C11H13NO2/c1-7-6-8(2-4-10(7)13)9-3-5-11(14)12-9/h2,4,6,9,13H,3,5H2,1H3,(H,12,14)/t9-/m1/s1. The van der Waals surface area contributed by atoms with E-state index in [4.69, 9.17) is 0 Å². The summed E-state index contributed by atoms with van der Waals surface area (Å²) in [4.78, 5) is 11.0. The van der Waals surface area contributed by atoms with Crippen molar-refractivity contribution < 1.29 is 9.90 Å². The molecule has 0 aromatic heterocycles. The number of carbonyl (C=O) groups excluding carboxylic acids is 1. The maximum absolute atomic E-state index is 11.0. The molecule has 3 heteroatoms. The summed E-state index contributed by atoms with van der Waals surface area (Å²) in [7, 11) is 0. The molecule has 14 heavy (non-hydrogen) atoms. The third kappa shape index (κ3) is 1.58. The minimum absolute atomic E-state index is 0.112. The van der Waals surface area contributed by atoms with Crippen LogP contribution in [0.1, 0.15) is 30.0 Å². The Morgan fingerprint density at radius 2 is 2.29 bits per heavy atom. The average Bonchev–Trinajstić information content (AvgIpc) is 2.57. The van der Waals surface area contributed by atoms with Gasteiger partial charge in [0, 0.05) is 6.42 Å². The van der Waals surface area contributed by atoms with Gasteiger partial charge in [0.1, 0.15) is 5.75 Å². The summed E-state index contributed by atoms with van der Waals surface area (Å²) in [5, 5.41) is 12.2. The van der Waals surface area contributed by atoms with E-state index in [1.54, 1.807) is 6.07 Å². The predicted molar refractivity (Wildman–Crippen MR) is 53.0 cm³/mol. The van der Waals surface area contributed by atoms with Crippen molar-refractivity contribution in [2.75, 3.05) is 0 Å². The van der Waals surface area contributed by atoms with Crippen molar-refractivity contribution >= 4 is 5.91 Å². The fourth-order valence-corrected chi connectivity index (χ4v) is 1.76. The number of phenols is 1. The molecule has 2 N–H and O–H groups in total. The first kappa shape index (κ1) is 9.06. The molecule has 74 valence electrons. The number of benzene rings is 1. The highest BCUT2D eigenvalue weighted by Crippen LogP contribution is 2.27. The van der Waals surface area contributed by atoms with Gasteiger partial charge in [-0.15, -0.1) is 0 Å². The molecule has 0 bridgehead atoms. The number of hydrogen-bond donors (Lipinski definition) is 2. The lowest BCUT2D eigenvalue weighted by Gasteiger charge is -2.11. The third-order valence-corrected chi connectivity index (χ3v) is 2.62. The van der Waals surface area contributed by atoms with Crippen LogP contribution < -0.4 is 5.32 Å². The molecule has 0 spiro atoms. The van der Waals surface area contributed by atoms with E-state index in [1.807, 2.05) is 19.1 Å². The van der Waals surface area contributed by atoms with Gasteiger partial charge in [0.15, 0.2) is 0 Å². The summed E-state index contributed by atoms with van der Waals surface area (Å²) in [5.74, 6) is 0.416. The molecule has 0 radical (unpaired) electrons. The molecule has 2 rings (SSSR count). The van der Waals surface area contributed by atoms with Crippen LogP contribution in [0.3, 0.4) is 0 Å². The van der Waals surface area contributed by atoms with Crippen molar-refractivity contribution in [3.05, 3.63) is 29.3 Å². The number of aryl methyl sites for hydroxylation is 1. The predicted octanol–water partition coefficient (Wildman–Crippen LogP) is 1.65. The zero-order valence-electron chi connectivity index (χ0n) is 8.08. The van der Waals surface area contributed by atoms with Gasteiger partial charge in [-0.3, -0.25) is 4.79 Å². The Balaban J connectivity index is 2.24. The van der Waals surface area contributed by atoms with Crippen molar-refractivity contribution in [2.45, 2.75) is 25.8 Å². The molecule has 0 unspecified atom stereocenters. The first-order valence-corrected chi connectivity index (χ1v) is 4.75. The second-order valence-electron chi connectivity index (χ2n) is 3.70. The molecule has 0 aliphatic carbocycles. The van der Waals surface area contributed by atoms with Gasteiger partial charge < -0.3 is 10.4 Å². The smallest absolute Gasteiger partial charge is 0.220 e. The normalized spacial score (nSPS) is 20.9. The average molecular weight is 191 g/mol. The molecule has 1 aromatic rings. The number of phenolic OH excluding ortho intramolecular Hbond substituents is 1. The lowest BCUT2D eigenvalue weighted by molar-refractivity contribution is -0.119. The highest BCUT2D eigenvalue weighted by atomic mass is 16.3. The van der Waals surface area contributed by atoms with E-state index in [9.17, 15) is 9.90 Å². The van der Waals surface area contributed by atoms with Gasteiger partial charge >= 0.3 is 0 Å². The molecule has 1 amide bonds. The fraction of sp³-hybridized carbons (Fsp3) is 0.364. The maximum Gasteiger partial charge on any atom is 0.220 e. The van der Waals surface area contributed by atoms with Crippen LogP contribution in [0.2, 0.25) is 0 Å². The largest absolute Gasteiger partial charge is 0.508 e. The lowest BCUT2D eigenvalue weighted by Crippen LogP contribution is -2.18. The first-order valence-electron chi connectivity index (χ1n) is 4.75. The quantitative estimate of drug-likeness (QED) is 0.709. The molecule has 1 aliphatic rings. The van der Waals surface area contributed by atoms with Gasteiger partial charge in [0.25, 0.3) is 0 Å². The van der Waals surface area contributed by atoms with Gasteiger partial charge in [-0.05, 0) is 30.5 Å². The highest BCUT2D eigenvalue weighted by molar-refractivity contribution is 5.78. The molecule has 1 aromatic carbocycles. The van der Waals surface area contributed by atoms with E-state index < -0.39 is 0 Å². The van der Waals surface area contributed by atoms with Crippen LogP contribution in [-0.4, -0.2) is 11.0 Å². The van der Waals surface area contributed by atoms with Crippen molar-refractivity contribution in [1.29, 1.82) is 0 Å². The van der Waals surface area contributed by atoms with E-state index in [0.29, 0.717) is 12.2 Å². The number of rotatable bonds is 1. The van der Waals surface area contributed by atoms with Crippen LogP contribution in [0, 0.1) is 6.92 Å². The maximum atomic E-state index is 11.0. The third-order valence-electron chi connectivity index (χ3n) is 2.62. The lowest BCUT2D eigenvalue weighted by atomic mass is 10.0.